The number of Topliss-reactive ketones (excluding diaryl/α,β-unsaturated/α-hetero) is 1. The summed E-state index contributed by atoms with van der Waals surface area (Å²) in [5.74, 6) is 0.218. The Labute approximate surface area is 158 Å². The van der Waals surface area contributed by atoms with Crippen LogP contribution in [-0.4, -0.2) is 22.2 Å². The first-order valence-electron chi connectivity index (χ1n) is 10.4. The van der Waals surface area contributed by atoms with Gasteiger partial charge < -0.3 is 5.11 Å². The lowest BCUT2D eigenvalue weighted by Gasteiger charge is -2.16. The Morgan fingerprint density at radius 3 is 2.15 bits per heavy atom. The molecule has 1 aliphatic heterocycles. The van der Waals surface area contributed by atoms with Crippen molar-refractivity contribution in [2.24, 2.45) is 4.99 Å². The highest BCUT2D eigenvalue weighted by molar-refractivity contribution is 6.15. The maximum Gasteiger partial charge on any atom is 0.170 e. The van der Waals surface area contributed by atoms with Crippen LogP contribution in [0.3, 0.4) is 0 Å². The largest absolute Gasteiger partial charge is 0.390 e. The van der Waals surface area contributed by atoms with E-state index in [1.165, 1.54) is 44.9 Å². The second-order valence-electron chi connectivity index (χ2n) is 8.29. The van der Waals surface area contributed by atoms with Crippen LogP contribution in [0.15, 0.2) is 29.3 Å². The van der Waals surface area contributed by atoms with Crippen molar-refractivity contribution in [1.29, 1.82) is 0 Å². The zero-order valence-electron chi connectivity index (χ0n) is 16.6. The van der Waals surface area contributed by atoms with E-state index in [2.05, 4.69) is 4.99 Å². The van der Waals surface area contributed by atoms with E-state index in [1.54, 1.807) is 0 Å². The number of unbranched alkanes of at least 4 members (excludes halogenated alkanes) is 8. The molecular formula is C23H35NO2. The fraction of sp³-hybridized carbons (Fsp3) is 0.652. The molecule has 1 aromatic rings. The molecule has 0 unspecified atom stereocenters. The van der Waals surface area contributed by atoms with Crippen LogP contribution in [0.5, 0.6) is 0 Å². The van der Waals surface area contributed by atoms with Gasteiger partial charge in [-0.2, -0.15) is 0 Å². The molecule has 144 valence electrons. The number of para-hydroxylation sites is 1. The van der Waals surface area contributed by atoms with E-state index >= 15 is 0 Å². The molecule has 0 aromatic heterocycles. The van der Waals surface area contributed by atoms with Crippen molar-refractivity contribution in [2.45, 2.75) is 96.5 Å². The molecule has 2 rings (SSSR count). The maximum atomic E-state index is 12.1. The molecule has 0 amide bonds. The Morgan fingerprint density at radius 2 is 1.50 bits per heavy atom. The molecule has 1 N–H and O–H groups in total. The summed E-state index contributed by atoms with van der Waals surface area (Å²) in [5, 5.41) is 9.67. The number of rotatable bonds is 12. The topological polar surface area (TPSA) is 49.7 Å². The Bertz CT molecular complexity index is 598. The van der Waals surface area contributed by atoms with Crippen molar-refractivity contribution in [1.82, 2.24) is 0 Å². The van der Waals surface area contributed by atoms with E-state index in [0.29, 0.717) is 6.42 Å². The standard InChI is InChI=1S/C23H35NO2/c1-23(2,26)17-13-9-7-5-3-4-6-8-10-14-19-18-22(25)20-15-11-12-16-21(20)24-19/h11-12,15-16,26H,3-10,13-14,17-18H2,1-2H3. The molecule has 26 heavy (non-hydrogen) atoms. The molecule has 0 spiro atoms. The number of hydrogen-bond acceptors (Lipinski definition) is 3. The van der Waals surface area contributed by atoms with E-state index in [4.69, 9.17) is 0 Å². The van der Waals surface area contributed by atoms with Crippen molar-refractivity contribution in [3.8, 4) is 0 Å². The molecule has 0 radical (unpaired) electrons. The number of benzene rings is 1. The van der Waals surface area contributed by atoms with Gasteiger partial charge in [0.15, 0.2) is 5.78 Å². The molecule has 1 heterocycles. The van der Waals surface area contributed by atoms with Crippen molar-refractivity contribution < 1.29 is 9.90 Å². The minimum Gasteiger partial charge on any atom is -0.390 e. The number of hydrogen-bond donors (Lipinski definition) is 1. The normalized spacial score (nSPS) is 14.3. The summed E-state index contributed by atoms with van der Waals surface area (Å²) < 4.78 is 0. The van der Waals surface area contributed by atoms with Gasteiger partial charge in [-0.15, -0.1) is 0 Å². The number of ketones is 1. The van der Waals surface area contributed by atoms with Gasteiger partial charge in [0.2, 0.25) is 0 Å². The summed E-state index contributed by atoms with van der Waals surface area (Å²) in [7, 11) is 0. The number of fused-ring (bicyclic) bond motifs is 1. The van der Waals surface area contributed by atoms with Gasteiger partial charge in [0.1, 0.15) is 0 Å². The molecule has 0 aliphatic carbocycles. The van der Waals surface area contributed by atoms with E-state index in [1.807, 2.05) is 38.1 Å². The van der Waals surface area contributed by atoms with Gasteiger partial charge in [0.05, 0.1) is 11.3 Å². The van der Waals surface area contributed by atoms with Gasteiger partial charge in [0, 0.05) is 17.7 Å². The minimum atomic E-state index is -0.505. The summed E-state index contributed by atoms with van der Waals surface area (Å²) >= 11 is 0. The van der Waals surface area contributed by atoms with E-state index in [-0.39, 0.29) is 5.78 Å². The average molecular weight is 358 g/mol. The van der Waals surface area contributed by atoms with Crippen molar-refractivity contribution in [2.75, 3.05) is 0 Å². The van der Waals surface area contributed by atoms with E-state index < -0.39 is 5.60 Å². The van der Waals surface area contributed by atoms with Crippen LogP contribution in [0.2, 0.25) is 0 Å². The summed E-state index contributed by atoms with van der Waals surface area (Å²) in [4.78, 5) is 16.8. The van der Waals surface area contributed by atoms with Crippen molar-refractivity contribution in [3.05, 3.63) is 29.8 Å². The first-order valence-corrected chi connectivity index (χ1v) is 10.4. The Balaban J connectivity index is 1.49. The third-order valence-electron chi connectivity index (χ3n) is 5.10. The molecule has 0 saturated carbocycles. The van der Waals surface area contributed by atoms with Crippen LogP contribution in [0.25, 0.3) is 0 Å². The Hall–Kier alpha value is -1.48. The zero-order chi connectivity index (χ0) is 18.8. The smallest absolute Gasteiger partial charge is 0.170 e. The molecule has 1 aliphatic rings. The molecule has 0 fully saturated rings. The molecule has 1 aromatic carbocycles. The highest BCUT2D eigenvalue weighted by Crippen LogP contribution is 2.26. The number of carbonyl (C=O) groups excluding carboxylic acids is 1. The highest BCUT2D eigenvalue weighted by Gasteiger charge is 2.18. The lowest BCUT2D eigenvalue weighted by atomic mass is 9.97. The van der Waals surface area contributed by atoms with Crippen LogP contribution in [-0.2, 0) is 0 Å². The highest BCUT2D eigenvalue weighted by atomic mass is 16.3. The average Bonchev–Trinajstić information content (AvgIpc) is 2.59. The SMILES string of the molecule is CC(C)(O)CCCCCCCCCCCC1=Nc2ccccc2C(=O)C1. The van der Waals surface area contributed by atoms with Crippen LogP contribution in [0.1, 0.15) is 101 Å². The van der Waals surface area contributed by atoms with Crippen molar-refractivity contribution >= 4 is 17.2 Å². The number of aliphatic hydroxyl groups is 1. The van der Waals surface area contributed by atoms with Gasteiger partial charge in [-0.3, -0.25) is 9.79 Å². The lowest BCUT2D eigenvalue weighted by molar-refractivity contribution is 0.0680. The second-order valence-corrected chi connectivity index (χ2v) is 8.29. The summed E-state index contributed by atoms with van der Waals surface area (Å²) in [6.45, 7) is 3.78. The van der Waals surface area contributed by atoms with E-state index in [9.17, 15) is 9.90 Å². The first-order chi connectivity index (χ1) is 12.5. The van der Waals surface area contributed by atoms with Crippen LogP contribution >= 0.6 is 0 Å². The number of aliphatic imine (C=N–C) groups is 1. The van der Waals surface area contributed by atoms with Gasteiger partial charge in [-0.25, -0.2) is 0 Å². The monoisotopic (exact) mass is 357 g/mol. The molecule has 3 nitrogen and oxygen atoms in total. The third-order valence-corrected chi connectivity index (χ3v) is 5.10. The number of carbonyl (C=O) groups is 1. The second kappa shape index (κ2) is 10.6. The third kappa shape index (κ3) is 7.82. The van der Waals surface area contributed by atoms with Gasteiger partial charge in [-0.05, 0) is 45.2 Å². The number of nitrogens with zero attached hydrogens (tertiary/aromatic N) is 1. The minimum absolute atomic E-state index is 0.218. The van der Waals surface area contributed by atoms with Gasteiger partial charge in [-0.1, -0.05) is 63.5 Å². The Kier molecular flexibility index (Phi) is 8.50. The summed E-state index contributed by atoms with van der Waals surface area (Å²) in [5.41, 5.74) is 2.18. The summed E-state index contributed by atoms with van der Waals surface area (Å²) in [6.07, 6.45) is 13.6. The first kappa shape index (κ1) is 20.8. The maximum absolute atomic E-state index is 12.1. The van der Waals surface area contributed by atoms with Crippen molar-refractivity contribution in [3.63, 3.8) is 0 Å². The molecular weight excluding hydrogens is 322 g/mol. The zero-order valence-corrected chi connectivity index (χ0v) is 16.6. The molecule has 3 heteroatoms. The predicted octanol–water partition coefficient (Wildman–Crippen LogP) is 6.41. The predicted molar refractivity (Wildman–Crippen MR) is 110 cm³/mol. The van der Waals surface area contributed by atoms with Gasteiger partial charge >= 0.3 is 0 Å². The Morgan fingerprint density at radius 1 is 0.923 bits per heavy atom. The molecule has 0 atom stereocenters. The molecule has 0 saturated heterocycles. The fourth-order valence-corrected chi connectivity index (χ4v) is 3.57. The molecule has 0 bridgehead atoms. The fourth-order valence-electron chi connectivity index (χ4n) is 3.57. The van der Waals surface area contributed by atoms with Crippen LogP contribution < -0.4 is 0 Å². The summed E-state index contributed by atoms with van der Waals surface area (Å²) in [6, 6.07) is 7.67. The van der Waals surface area contributed by atoms with E-state index in [0.717, 1.165) is 42.6 Å². The van der Waals surface area contributed by atoms with Crippen LogP contribution in [0.4, 0.5) is 5.69 Å². The van der Waals surface area contributed by atoms with Gasteiger partial charge in [0.25, 0.3) is 0 Å². The quantitative estimate of drug-likeness (QED) is 0.439. The van der Waals surface area contributed by atoms with Crippen LogP contribution in [0, 0.1) is 0 Å². The lowest BCUT2D eigenvalue weighted by Crippen LogP contribution is -2.17.